The number of hydrogen-bond acceptors (Lipinski definition) is 16. The summed E-state index contributed by atoms with van der Waals surface area (Å²) in [5, 5.41) is 19.3. The maximum absolute atomic E-state index is 13.6. The Labute approximate surface area is 362 Å². The van der Waals surface area contributed by atoms with Crippen molar-refractivity contribution in [1.29, 1.82) is 5.26 Å². The van der Waals surface area contributed by atoms with E-state index in [0.29, 0.717) is 70.7 Å². The van der Waals surface area contributed by atoms with E-state index in [4.69, 9.17) is 33.2 Å². The van der Waals surface area contributed by atoms with Gasteiger partial charge in [0.15, 0.2) is 46.8 Å². The summed E-state index contributed by atoms with van der Waals surface area (Å²) in [6.07, 6.45) is 3.40. The number of carboxylic acids is 1. The average molecular weight is 896 g/mol. The molecule has 0 bridgehead atoms. The molecule has 0 fully saturated rings. The van der Waals surface area contributed by atoms with Gasteiger partial charge in [0.1, 0.15) is 50.4 Å². The van der Waals surface area contributed by atoms with Crippen molar-refractivity contribution >= 4 is 80.8 Å². The van der Waals surface area contributed by atoms with E-state index in [1.54, 1.807) is 23.5 Å². The molecule has 0 radical (unpaired) electrons. The number of nitriles is 1. The van der Waals surface area contributed by atoms with Crippen LogP contribution >= 0.6 is 45.3 Å². The Kier molecular flexibility index (Phi) is 10.2. The maximum Gasteiger partial charge on any atom is 0.349 e. The number of carbonyl (C=O) groups is 2. The first-order chi connectivity index (χ1) is 29.9. The van der Waals surface area contributed by atoms with Crippen LogP contribution in [0.15, 0.2) is 47.3 Å². The highest BCUT2D eigenvalue weighted by Gasteiger charge is 2.36. The van der Waals surface area contributed by atoms with E-state index in [9.17, 15) is 24.8 Å². The van der Waals surface area contributed by atoms with E-state index >= 15 is 0 Å². The quantitative estimate of drug-likeness (QED) is 0.159. The zero-order valence-corrected chi connectivity index (χ0v) is 35.5. The third kappa shape index (κ3) is 6.59. The molecular formula is C43H33N3O11S4. The Morgan fingerprint density at radius 2 is 1.33 bits per heavy atom. The number of ether oxygens (including phenoxy) is 7. The molecule has 8 heterocycles. The number of thiophene rings is 3. The number of carbonyl (C=O) groups excluding carboxylic acids is 1. The van der Waals surface area contributed by atoms with Crippen LogP contribution in [-0.2, 0) is 33.9 Å². The Morgan fingerprint density at radius 1 is 0.770 bits per heavy atom. The van der Waals surface area contributed by atoms with Gasteiger partial charge in [0.25, 0.3) is 12.0 Å². The van der Waals surface area contributed by atoms with Crippen molar-refractivity contribution in [1.82, 2.24) is 4.57 Å². The molecule has 6 aromatic rings. The summed E-state index contributed by atoms with van der Waals surface area (Å²) in [6.45, 7) is 4.59. The number of rotatable bonds is 9. The molecule has 14 nitrogen and oxygen atoms in total. The van der Waals surface area contributed by atoms with Crippen LogP contribution in [-0.4, -0.2) is 68.3 Å². The molecule has 10 rings (SSSR count). The summed E-state index contributed by atoms with van der Waals surface area (Å²) in [4.78, 5) is 43.5. The van der Waals surface area contributed by atoms with Gasteiger partial charge >= 0.3 is 5.97 Å². The molecule has 310 valence electrons. The number of aryl methyl sites for hydroxylation is 2. The lowest BCUT2D eigenvalue weighted by Crippen LogP contribution is -2.33. The first kappa shape index (κ1) is 38.9. The minimum absolute atomic E-state index is 0.0939. The van der Waals surface area contributed by atoms with Gasteiger partial charge in [-0.2, -0.15) is 5.26 Å². The van der Waals surface area contributed by atoms with Crippen molar-refractivity contribution in [3.63, 3.8) is 0 Å². The second kappa shape index (κ2) is 16.0. The van der Waals surface area contributed by atoms with Crippen molar-refractivity contribution in [3.8, 4) is 70.5 Å². The summed E-state index contributed by atoms with van der Waals surface area (Å²) in [6, 6.07) is 16.9. The van der Waals surface area contributed by atoms with E-state index in [-0.39, 0.29) is 28.9 Å². The fourth-order valence-electron chi connectivity index (χ4n) is 7.91. The molecular weight excluding hydrogens is 863 g/mol. The van der Waals surface area contributed by atoms with E-state index in [1.807, 2.05) is 0 Å². The molecule has 2 aromatic carbocycles. The summed E-state index contributed by atoms with van der Waals surface area (Å²) in [7, 11) is 0. The van der Waals surface area contributed by atoms with Crippen LogP contribution in [0.2, 0.25) is 0 Å². The normalized spacial score (nSPS) is 15.6. The van der Waals surface area contributed by atoms with Crippen LogP contribution in [0.4, 0.5) is 11.4 Å². The van der Waals surface area contributed by atoms with Crippen molar-refractivity contribution < 1.29 is 47.9 Å². The number of aromatic nitrogens is 1. The molecule has 0 aliphatic carbocycles. The molecule has 4 aromatic heterocycles. The minimum Gasteiger partial charge on any atom is -0.485 e. The largest absolute Gasteiger partial charge is 0.485 e. The Bertz CT molecular complexity index is 3000. The van der Waals surface area contributed by atoms with E-state index in [0.717, 1.165) is 60.4 Å². The lowest BCUT2D eigenvalue weighted by molar-refractivity contribution is -0.132. The first-order valence-electron chi connectivity index (χ1n) is 19.3. The highest BCUT2D eigenvalue weighted by Crippen LogP contribution is 2.64. The van der Waals surface area contributed by atoms with Crippen molar-refractivity contribution in [2.45, 2.75) is 26.5 Å². The number of benzene rings is 2. The molecule has 1 N–H and O–H groups in total. The van der Waals surface area contributed by atoms with Crippen LogP contribution < -0.4 is 48.1 Å². The molecule has 0 saturated carbocycles. The molecule has 0 unspecified atom stereocenters. The zero-order chi connectivity index (χ0) is 41.8. The highest BCUT2D eigenvalue weighted by atomic mass is 32.1. The fraction of sp³-hybridized carbons (Fsp3) is 0.256. The van der Waals surface area contributed by atoms with Gasteiger partial charge in [0.2, 0.25) is 0 Å². The van der Waals surface area contributed by atoms with Gasteiger partial charge in [-0.15, -0.1) is 45.3 Å². The maximum atomic E-state index is 13.6. The fourth-order valence-corrected chi connectivity index (χ4v) is 12.8. The molecule has 0 spiro atoms. The SMILES string of the molecule is CCN1c2ccccc2CCc2cc(-c3sc(-c4sc(-c5sc(/C=c6/s/c(=C(\C#N)C(=O)O)n(COC=O)c6=O)c6c5OCCO6)c5c4OCCO5)c4c3OCCO4)ccc21. The minimum atomic E-state index is -1.52. The number of para-hydroxylation sites is 1. The number of nitrogens with zero attached hydrogens (tertiary/aromatic N) is 3. The smallest absolute Gasteiger partial charge is 0.349 e. The van der Waals surface area contributed by atoms with Gasteiger partial charge in [-0.1, -0.05) is 24.3 Å². The van der Waals surface area contributed by atoms with Crippen LogP contribution in [0.25, 0.3) is 41.6 Å². The lowest BCUT2D eigenvalue weighted by Gasteiger charge is -2.25. The van der Waals surface area contributed by atoms with Gasteiger partial charge in [0, 0.05) is 17.9 Å². The number of hydrogen-bond donors (Lipinski definition) is 1. The standard InChI is InChI=1S/C43H33N3O11S4/c1-2-45-26-6-4-3-5-22(26)7-8-23-17-24(9-10-27(23)45)36-32-33(55-14-13-54-32)39(60-36)40-35-34(56-15-16-57-35)38(61-40)37-31-30(52-11-12-53-31)28(58-37)18-29-41(48)46(20-51-21-47)42(59-29)25(19-44)43(49)50/h3-6,9-10,17-18,21H,2,7-8,11-16,20H2,1H3,(H,49,50)/b29-18+,42-25+. The van der Waals surface area contributed by atoms with E-state index in [2.05, 4.69) is 54.3 Å². The third-order valence-electron chi connectivity index (χ3n) is 10.5. The Balaban J connectivity index is 1.10. The summed E-state index contributed by atoms with van der Waals surface area (Å²) in [5.74, 6) is 1.80. The van der Waals surface area contributed by atoms with Crippen LogP contribution in [0, 0.1) is 11.3 Å². The topological polar surface area (TPSA) is 168 Å². The van der Waals surface area contributed by atoms with Gasteiger partial charge in [-0.05, 0) is 60.7 Å². The van der Waals surface area contributed by atoms with Crippen molar-refractivity contribution in [2.24, 2.45) is 0 Å². The lowest BCUT2D eigenvalue weighted by atomic mass is 10.0. The van der Waals surface area contributed by atoms with Gasteiger partial charge < -0.3 is 43.2 Å². The second-order valence-corrected chi connectivity index (χ2v) is 18.1. The molecule has 18 heteroatoms. The average Bonchev–Trinajstić information content (AvgIpc) is 4.01. The van der Waals surface area contributed by atoms with E-state index < -0.39 is 23.8 Å². The molecule has 0 saturated heterocycles. The van der Waals surface area contributed by atoms with Gasteiger partial charge in [0.05, 0.1) is 33.8 Å². The predicted molar refractivity (Wildman–Crippen MR) is 231 cm³/mol. The van der Waals surface area contributed by atoms with Gasteiger partial charge in [-0.3, -0.25) is 14.2 Å². The number of thiazole rings is 1. The first-order valence-corrected chi connectivity index (χ1v) is 22.6. The van der Waals surface area contributed by atoms with Crippen molar-refractivity contribution in [3.05, 3.63) is 78.0 Å². The third-order valence-corrected chi connectivity index (χ3v) is 15.4. The predicted octanol–water partition coefficient (Wildman–Crippen LogP) is 6.38. The summed E-state index contributed by atoms with van der Waals surface area (Å²) < 4.78 is 43.6. The molecule has 4 aliphatic heterocycles. The Hall–Kier alpha value is -6.26. The molecule has 0 amide bonds. The van der Waals surface area contributed by atoms with Crippen LogP contribution in [0.5, 0.6) is 34.5 Å². The summed E-state index contributed by atoms with van der Waals surface area (Å²) in [5.41, 5.74) is 4.77. The highest BCUT2D eigenvalue weighted by molar-refractivity contribution is 7.28. The number of anilines is 2. The number of carboxylic acid groups (broad SMARTS) is 1. The molecule has 0 atom stereocenters. The monoisotopic (exact) mass is 895 g/mol. The van der Waals surface area contributed by atoms with E-state index in [1.165, 1.54) is 45.2 Å². The summed E-state index contributed by atoms with van der Waals surface area (Å²) >= 11 is 5.15. The van der Waals surface area contributed by atoms with Crippen molar-refractivity contribution in [2.75, 3.05) is 51.1 Å². The number of fused-ring (bicyclic) bond motifs is 5. The van der Waals surface area contributed by atoms with Crippen LogP contribution in [0.1, 0.15) is 22.9 Å². The number of aliphatic carboxylic acids is 1. The zero-order valence-electron chi connectivity index (χ0n) is 32.3. The second-order valence-electron chi connectivity index (χ2n) is 13.9. The van der Waals surface area contributed by atoms with Gasteiger partial charge in [-0.25, -0.2) is 4.79 Å². The van der Waals surface area contributed by atoms with Crippen LogP contribution in [0.3, 0.4) is 0 Å². The molecule has 61 heavy (non-hydrogen) atoms. The Morgan fingerprint density at radius 3 is 1.95 bits per heavy atom. The molecule has 4 aliphatic rings.